The number of nitrogens with one attached hydrogen (secondary N) is 1. The van der Waals surface area contributed by atoms with E-state index in [0.29, 0.717) is 13.1 Å². The molecule has 0 aromatic carbocycles. The summed E-state index contributed by atoms with van der Waals surface area (Å²) >= 11 is 0. The second-order valence-corrected chi connectivity index (χ2v) is 3.88. The quantitative estimate of drug-likeness (QED) is 0.892. The van der Waals surface area contributed by atoms with Crippen LogP contribution >= 0.6 is 0 Å². The Morgan fingerprint density at radius 1 is 1.37 bits per heavy atom. The highest BCUT2D eigenvalue weighted by Gasteiger charge is 2.32. The van der Waals surface area contributed by atoms with Gasteiger partial charge in [-0.2, -0.15) is 13.2 Å². The van der Waals surface area contributed by atoms with Crippen molar-refractivity contribution in [2.75, 3.05) is 17.6 Å². The van der Waals surface area contributed by atoms with Gasteiger partial charge < -0.3 is 15.6 Å². The molecule has 0 fully saturated rings. The second kappa shape index (κ2) is 5.17. The number of hydrogen-bond donors (Lipinski definition) is 2. The first-order valence-corrected chi connectivity index (χ1v) is 5.49. The van der Waals surface area contributed by atoms with Crippen LogP contribution < -0.4 is 11.1 Å². The van der Waals surface area contributed by atoms with E-state index in [0.717, 1.165) is 12.3 Å². The molecule has 0 bridgehead atoms. The molecule has 102 valence electrons. The largest absolute Gasteiger partial charge is 0.433 e. The molecule has 0 spiro atoms. The Morgan fingerprint density at radius 2 is 2.16 bits per heavy atom. The number of nitrogens with zero attached hydrogens (tertiary/aromatic N) is 3. The maximum absolute atomic E-state index is 12.5. The third kappa shape index (κ3) is 3.36. The lowest BCUT2D eigenvalue weighted by Crippen LogP contribution is -2.13. The molecule has 0 saturated carbocycles. The number of nitrogens with two attached hydrogens (primary N) is 1. The number of rotatable bonds is 4. The molecule has 0 radical (unpaired) electrons. The summed E-state index contributed by atoms with van der Waals surface area (Å²) in [5.74, 6) is 0. The standard InChI is InChI=1S/C11H12F3N5/c12-11(13,14)10-5-9(8(15)6-18-10)17-2-4-19-3-1-16-7-19/h1,3,5-7H,2,4,15H2,(H,17,18). The number of anilines is 2. The molecule has 0 atom stereocenters. The summed E-state index contributed by atoms with van der Waals surface area (Å²) in [6.07, 6.45) is 1.54. The molecule has 0 aliphatic carbocycles. The zero-order chi connectivity index (χ0) is 13.9. The first-order valence-electron chi connectivity index (χ1n) is 5.49. The number of nitrogen functional groups attached to an aromatic ring is 1. The van der Waals surface area contributed by atoms with Gasteiger partial charge >= 0.3 is 6.18 Å². The Balaban J connectivity index is 2.03. The molecule has 2 aromatic heterocycles. The first kappa shape index (κ1) is 13.2. The molecule has 3 N–H and O–H groups in total. The van der Waals surface area contributed by atoms with Crippen molar-refractivity contribution in [1.82, 2.24) is 14.5 Å². The van der Waals surface area contributed by atoms with Crippen LogP contribution in [0, 0.1) is 0 Å². The molecule has 0 amide bonds. The highest BCUT2D eigenvalue weighted by molar-refractivity contribution is 5.65. The van der Waals surface area contributed by atoms with Gasteiger partial charge in [0.25, 0.3) is 0 Å². The van der Waals surface area contributed by atoms with Crippen molar-refractivity contribution in [1.29, 1.82) is 0 Å². The highest BCUT2D eigenvalue weighted by atomic mass is 19.4. The summed E-state index contributed by atoms with van der Waals surface area (Å²) in [5.41, 5.74) is 5.02. The molecule has 0 aliphatic rings. The summed E-state index contributed by atoms with van der Waals surface area (Å²) in [6.45, 7) is 1.00. The predicted molar refractivity (Wildman–Crippen MR) is 64.4 cm³/mol. The van der Waals surface area contributed by atoms with Gasteiger partial charge in [-0.1, -0.05) is 0 Å². The van der Waals surface area contributed by atoms with Gasteiger partial charge in [-0.15, -0.1) is 0 Å². The van der Waals surface area contributed by atoms with E-state index in [1.54, 1.807) is 23.3 Å². The van der Waals surface area contributed by atoms with Crippen molar-refractivity contribution in [2.24, 2.45) is 0 Å². The van der Waals surface area contributed by atoms with E-state index in [-0.39, 0.29) is 11.4 Å². The van der Waals surface area contributed by atoms with Crippen LogP contribution in [0.2, 0.25) is 0 Å². The van der Waals surface area contributed by atoms with E-state index in [4.69, 9.17) is 5.73 Å². The van der Waals surface area contributed by atoms with Crippen molar-refractivity contribution < 1.29 is 13.2 Å². The van der Waals surface area contributed by atoms with Crippen LogP contribution in [0.15, 0.2) is 31.0 Å². The summed E-state index contributed by atoms with van der Waals surface area (Å²) in [4.78, 5) is 7.13. The number of aromatic nitrogens is 3. The Labute approximate surface area is 107 Å². The molecular weight excluding hydrogens is 259 g/mol. The minimum Gasteiger partial charge on any atom is -0.396 e. The molecule has 0 unspecified atom stereocenters. The van der Waals surface area contributed by atoms with Gasteiger partial charge in [-0.3, -0.25) is 0 Å². The molecule has 0 aliphatic heterocycles. The lowest BCUT2D eigenvalue weighted by molar-refractivity contribution is -0.141. The van der Waals surface area contributed by atoms with Gasteiger partial charge in [0.2, 0.25) is 0 Å². The number of imidazole rings is 1. The van der Waals surface area contributed by atoms with Crippen molar-refractivity contribution in [2.45, 2.75) is 12.7 Å². The fourth-order valence-corrected chi connectivity index (χ4v) is 1.51. The molecule has 2 rings (SSSR count). The van der Waals surface area contributed by atoms with E-state index >= 15 is 0 Å². The van der Waals surface area contributed by atoms with Gasteiger partial charge in [0.1, 0.15) is 5.69 Å². The van der Waals surface area contributed by atoms with E-state index in [9.17, 15) is 13.2 Å². The zero-order valence-electron chi connectivity index (χ0n) is 9.85. The number of halogens is 3. The first-order chi connectivity index (χ1) is 8.97. The van der Waals surface area contributed by atoms with E-state index in [2.05, 4.69) is 15.3 Å². The van der Waals surface area contributed by atoms with Crippen molar-refractivity contribution in [3.05, 3.63) is 36.7 Å². The van der Waals surface area contributed by atoms with Crippen LogP contribution in [0.3, 0.4) is 0 Å². The summed E-state index contributed by atoms with van der Waals surface area (Å²) in [5, 5.41) is 2.85. The van der Waals surface area contributed by atoms with Crippen LogP contribution in [-0.4, -0.2) is 21.1 Å². The topological polar surface area (TPSA) is 68.8 Å². The van der Waals surface area contributed by atoms with Crippen LogP contribution in [0.4, 0.5) is 24.5 Å². The summed E-state index contributed by atoms with van der Waals surface area (Å²) in [7, 11) is 0. The molecule has 19 heavy (non-hydrogen) atoms. The Kier molecular flexibility index (Phi) is 3.59. The molecule has 0 saturated heterocycles. The van der Waals surface area contributed by atoms with Crippen molar-refractivity contribution in [3.63, 3.8) is 0 Å². The SMILES string of the molecule is Nc1cnc(C(F)(F)F)cc1NCCn1ccnc1. The van der Waals surface area contributed by atoms with Crippen LogP contribution in [0.1, 0.15) is 5.69 Å². The Hall–Kier alpha value is -2.25. The second-order valence-electron chi connectivity index (χ2n) is 3.88. The lowest BCUT2D eigenvalue weighted by Gasteiger charge is -2.12. The fraction of sp³-hybridized carbons (Fsp3) is 0.273. The Bertz CT molecular complexity index is 536. The molecule has 8 heteroatoms. The molecule has 2 heterocycles. The Morgan fingerprint density at radius 3 is 2.79 bits per heavy atom. The number of hydrogen-bond acceptors (Lipinski definition) is 4. The minimum absolute atomic E-state index is 0.179. The average Bonchev–Trinajstić information content (AvgIpc) is 2.83. The highest BCUT2D eigenvalue weighted by Crippen LogP contribution is 2.30. The predicted octanol–water partition coefficient (Wildman–Crippen LogP) is 1.99. The lowest BCUT2D eigenvalue weighted by atomic mass is 10.2. The van der Waals surface area contributed by atoms with Gasteiger partial charge in [0, 0.05) is 25.5 Å². The van der Waals surface area contributed by atoms with Crippen LogP contribution in [0.25, 0.3) is 0 Å². The van der Waals surface area contributed by atoms with Crippen molar-refractivity contribution in [3.8, 4) is 0 Å². The van der Waals surface area contributed by atoms with Crippen LogP contribution in [0.5, 0.6) is 0 Å². The third-order valence-corrected chi connectivity index (χ3v) is 2.47. The molecule has 2 aromatic rings. The van der Waals surface area contributed by atoms with Crippen molar-refractivity contribution >= 4 is 11.4 Å². The van der Waals surface area contributed by atoms with Crippen LogP contribution in [-0.2, 0) is 12.7 Å². The van der Waals surface area contributed by atoms with E-state index in [1.807, 2.05) is 0 Å². The van der Waals surface area contributed by atoms with Gasteiger partial charge in [-0.05, 0) is 6.07 Å². The number of alkyl halides is 3. The maximum atomic E-state index is 12.5. The smallest absolute Gasteiger partial charge is 0.396 e. The third-order valence-electron chi connectivity index (χ3n) is 2.47. The van der Waals surface area contributed by atoms with Gasteiger partial charge in [-0.25, -0.2) is 9.97 Å². The molecule has 5 nitrogen and oxygen atoms in total. The molecular formula is C11H12F3N5. The number of pyridine rings is 1. The minimum atomic E-state index is -4.48. The monoisotopic (exact) mass is 271 g/mol. The van der Waals surface area contributed by atoms with Gasteiger partial charge in [0.05, 0.1) is 23.9 Å². The zero-order valence-corrected chi connectivity index (χ0v) is 9.85. The fourth-order valence-electron chi connectivity index (χ4n) is 1.51. The summed E-state index contributed by atoms with van der Waals surface area (Å²) in [6, 6.07) is 0.906. The van der Waals surface area contributed by atoms with Gasteiger partial charge in [0.15, 0.2) is 0 Å². The average molecular weight is 271 g/mol. The summed E-state index contributed by atoms with van der Waals surface area (Å²) < 4.78 is 39.3. The normalized spacial score (nSPS) is 11.5. The van der Waals surface area contributed by atoms with E-state index < -0.39 is 11.9 Å². The van der Waals surface area contributed by atoms with E-state index in [1.165, 1.54) is 0 Å². The maximum Gasteiger partial charge on any atom is 0.433 e.